The molecular formula is C40H59NO5. The number of ketones is 1. The number of hydrogen-bond donors (Lipinski definition) is 2. The molecule has 0 bridgehead atoms. The maximum Gasteiger partial charge on any atom is 0.355 e. The van der Waals surface area contributed by atoms with Crippen molar-refractivity contribution in [2.24, 2.45) is 23.7 Å². The molecule has 2 N–H and O–H groups in total. The van der Waals surface area contributed by atoms with Gasteiger partial charge in [-0.3, -0.25) is 4.79 Å². The van der Waals surface area contributed by atoms with Gasteiger partial charge in [0.15, 0.2) is 0 Å². The summed E-state index contributed by atoms with van der Waals surface area (Å²) < 4.78 is 6.15. The van der Waals surface area contributed by atoms with Gasteiger partial charge in [0.1, 0.15) is 22.8 Å². The minimum Gasteiger partial charge on any atom is -0.508 e. The van der Waals surface area contributed by atoms with E-state index < -0.39 is 17.7 Å². The van der Waals surface area contributed by atoms with Gasteiger partial charge in [-0.25, -0.2) is 4.79 Å². The number of aliphatic hydroxyl groups excluding tert-OH is 1. The van der Waals surface area contributed by atoms with E-state index in [1.54, 1.807) is 12.1 Å². The van der Waals surface area contributed by atoms with Crippen molar-refractivity contribution < 1.29 is 24.5 Å². The molecule has 1 aliphatic carbocycles. The molecule has 254 valence electrons. The molecule has 1 heterocycles. The van der Waals surface area contributed by atoms with E-state index in [0.717, 1.165) is 30.4 Å². The Hall–Kier alpha value is -3.12. The van der Waals surface area contributed by atoms with E-state index >= 15 is 0 Å². The second-order valence-electron chi connectivity index (χ2n) is 14.4. The number of nitrogens with zero attached hydrogens (tertiary/aromatic N) is 1. The van der Waals surface area contributed by atoms with Crippen molar-refractivity contribution in [3.05, 3.63) is 77.6 Å². The molecule has 1 aromatic carbocycles. The number of hydrogen-bond acceptors (Lipinski definition) is 6. The average molecular weight is 634 g/mol. The Balaban J connectivity index is 1.78. The minimum atomic E-state index is -0.788. The third kappa shape index (κ3) is 10.4. The number of carbonyl (C=O) groups excluding carboxylic acids is 2. The number of likely N-dealkylation sites (N-methyl/N-ethyl adjacent to an activating group) is 1. The Morgan fingerprint density at radius 1 is 1.17 bits per heavy atom. The van der Waals surface area contributed by atoms with Crippen LogP contribution in [0.15, 0.2) is 72.0 Å². The summed E-state index contributed by atoms with van der Waals surface area (Å²) in [5, 5.41) is 21.4. The quantitative estimate of drug-likeness (QED) is 0.132. The van der Waals surface area contributed by atoms with Gasteiger partial charge < -0.3 is 19.8 Å². The number of carbonyl (C=O) groups is 2. The second kappa shape index (κ2) is 17.2. The molecule has 7 atom stereocenters. The van der Waals surface area contributed by atoms with Crippen LogP contribution in [0.4, 0.5) is 0 Å². The fourth-order valence-electron chi connectivity index (χ4n) is 6.96. The number of phenolic OH excluding ortho intramolecular Hbond substituents is 1. The zero-order valence-electron chi connectivity index (χ0n) is 29.4. The summed E-state index contributed by atoms with van der Waals surface area (Å²) in [6, 6.07) is 6.63. The minimum absolute atomic E-state index is 0.0606. The lowest BCUT2D eigenvalue weighted by molar-refractivity contribution is -0.151. The Kier molecular flexibility index (Phi) is 13.9. The number of ether oxygens (including phenoxy) is 1. The number of allylic oxidation sites excluding steroid dienone is 5. The first kappa shape index (κ1) is 37.3. The molecule has 1 aliphatic heterocycles. The lowest BCUT2D eigenvalue weighted by Crippen LogP contribution is -2.43. The first-order valence-corrected chi connectivity index (χ1v) is 17.4. The fourth-order valence-corrected chi connectivity index (χ4v) is 6.96. The molecule has 0 aromatic heterocycles. The van der Waals surface area contributed by atoms with Crippen molar-refractivity contribution in [3.63, 3.8) is 0 Å². The van der Waals surface area contributed by atoms with Gasteiger partial charge in [0.05, 0.1) is 12.1 Å². The predicted octanol–water partition coefficient (Wildman–Crippen LogP) is 8.49. The van der Waals surface area contributed by atoms with Crippen LogP contribution in [0.2, 0.25) is 0 Å². The highest BCUT2D eigenvalue weighted by molar-refractivity contribution is 5.91. The van der Waals surface area contributed by atoms with Crippen LogP contribution in [0.3, 0.4) is 0 Å². The van der Waals surface area contributed by atoms with Crippen LogP contribution in [0.5, 0.6) is 5.75 Å². The highest BCUT2D eigenvalue weighted by Gasteiger charge is 2.48. The number of aromatic hydroxyl groups is 1. The van der Waals surface area contributed by atoms with Crippen LogP contribution in [-0.2, 0) is 20.7 Å². The molecule has 0 amide bonds. The molecule has 3 rings (SSSR count). The van der Waals surface area contributed by atoms with Crippen LogP contribution in [0.25, 0.3) is 0 Å². The molecule has 1 aromatic rings. The average Bonchev–Trinajstić information content (AvgIpc) is 3.34. The number of phenols is 1. The van der Waals surface area contributed by atoms with Gasteiger partial charge in [-0.1, -0.05) is 82.2 Å². The Morgan fingerprint density at radius 3 is 2.52 bits per heavy atom. The number of rotatable bonds is 17. The molecule has 6 nitrogen and oxygen atoms in total. The number of benzene rings is 1. The molecule has 0 saturated heterocycles. The van der Waals surface area contributed by atoms with E-state index in [9.17, 15) is 19.8 Å². The lowest BCUT2D eigenvalue weighted by Gasteiger charge is -2.39. The first-order valence-electron chi connectivity index (χ1n) is 17.4. The predicted molar refractivity (Wildman–Crippen MR) is 187 cm³/mol. The van der Waals surface area contributed by atoms with Crippen molar-refractivity contribution in [2.45, 2.75) is 123 Å². The summed E-state index contributed by atoms with van der Waals surface area (Å²) in [6.07, 6.45) is 15.0. The van der Waals surface area contributed by atoms with Crippen LogP contribution < -0.4 is 0 Å². The molecular weight excluding hydrogens is 574 g/mol. The zero-order chi connectivity index (χ0) is 34.0. The molecule has 1 spiro atoms. The summed E-state index contributed by atoms with van der Waals surface area (Å²) in [4.78, 5) is 28.5. The van der Waals surface area contributed by atoms with E-state index in [1.165, 1.54) is 12.0 Å². The number of Topliss-reactive ketones (excluding diaryl/α,β-unsaturated/α-hetero) is 1. The van der Waals surface area contributed by atoms with Gasteiger partial charge >= 0.3 is 5.97 Å². The maximum absolute atomic E-state index is 13.5. The van der Waals surface area contributed by atoms with Gasteiger partial charge in [-0.15, -0.1) is 0 Å². The molecule has 0 unspecified atom stereocenters. The normalized spacial score (nSPS) is 23.0. The van der Waals surface area contributed by atoms with Gasteiger partial charge in [-0.05, 0) is 107 Å². The summed E-state index contributed by atoms with van der Waals surface area (Å²) in [6.45, 7) is 17.1. The highest BCUT2D eigenvalue weighted by atomic mass is 16.6. The zero-order valence-corrected chi connectivity index (χ0v) is 29.4. The third-order valence-corrected chi connectivity index (χ3v) is 10.2. The van der Waals surface area contributed by atoms with E-state index in [2.05, 4.69) is 45.6 Å². The Labute approximate surface area is 278 Å². The third-order valence-electron chi connectivity index (χ3n) is 10.2. The first-order chi connectivity index (χ1) is 21.7. The van der Waals surface area contributed by atoms with Crippen LogP contribution in [0, 0.1) is 23.7 Å². The van der Waals surface area contributed by atoms with Crippen LogP contribution >= 0.6 is 0 Å². The molecule has 6 heteroatoms. The second-order valence-corrected chi connectivity index (χ2v) is 14.4. The van der Waals surface area contributed by atoms with Gasteiger partial charge in [0.25, 0.3) is 0 Å². The van der Waals surface area contributed by atoms with Gasteiger partial charge in [0.2, 0.25) is 0 Å². The number of aliphatic hydroxyl groups is 1. The topological polar surface area (TPSA) is 87.1 Å². The summed E-state index contributed by atoms with van der Waals surface area (Å²) in [5.41, 5.74) is 2.88. The molecule has 2 aliphatic rings. The molecule has 1 fully saturated rings. The van der Waals surface area contributed by atoms with E-state index in [0.29, 0.717) is 56.1 Å². The van der Waals surface area contributed by atoms with E-state index in [1.807, 2.05) is 50.9 Å². The summed E-state index contributed by atoms with van der Waals surface area (Å²) in [5.74, 6) is 0.925. The van der Waals surface area contributed by atoms with Crippen LogP contribution in [0.1, 0.15) is 105 Å². The summed E-state index contributed by atoms with van der Waals surface area (Å²) in [7, 11) is 1.86. The SMILES string of the molecule is C=C1CC[C@@]2(C=C(N(C)[C@@H](Cc3ccc(O)cc3)[C@H](O)CCC=C[C@H](C)C[C@H](C)CC)C(=O)O2)C[C@@H]1[C@H](C)C(=O)CCC=C(C)C. The van der Waals surface area contributed by atoms with Crippen molar-refractivity contribution in [3.8, 4) is 5.75 Å². The van der Waals surface area contributed by atoms with Crippen molar-refractivity contribution >= 4 is 11.8 Å². The maximum atomic E-state index is 13.5. The van der Waals surface area contributed by atoms with E-state index in [-0.39, 0.29) is 29.4 Å². The van der Waals surface area contributed by atoms with E-state index in [4.69, 9.17) is 4.74 Å². The molecule has 0 radical (unpaired) electrons. The van der Waals surface area contributed by atoms with Crippen molar-refractivity contribution in [2.75, 3.05) is 7.05 Å². The van der Waals surface area contributed by atoms with Crippen LogP contribution in [-0.4, -0.2) is 51.7 Å². The summed E-state index contributed by atoms with van der Waals surface area (Å²) >= 11 is 0. The molecule has 1 saturated carbocycles. The largest absolute Gasteiger partial charge is 0.508 e. The van der Waals surface area contributed by atoms with Crippen molar-refractivity contribution in [1.29, 1.82) is 0 Å². The lowest BCUT2D eigenvalue weighted by atomic mass is 9.69. The number of esters is 1. The van der Waals surface area contributed by atoms with Gasteiger partial charge in [-0.2, -0.15) is 0 Å². The monoisotopic (exact) mass is 633 g/mol. The van der Waals surface area contributed by atoms with Gasteiger partial charge in [0, 0.05) is 19.4 Å². The standard InChI is InChI=1S/C40H59NO5/c1-9-28(4)23-29(5)14-10-11-15-38(44)35(24-32-17-19-33(42)20-18-32)41(8)36-26-40(46-39(36)45)22-21-30(6)34(25-40)31(7)37(43)16-12-13-27(2)3/h10,13-14,17-20,26,28-29,31,34-35,38,42,44H,6,9,11-12,15-16,21-25H2,1-5,7-8H3/t28-,29+,31+,34+,35+,38-,40+/m1/s1. The Bertz CT molecular complexity index is 1270. The molecule has 46 heavy (non-hydrogen) atoms. The van der Waals surface area contributed by atoms with Crippen molar-refractivity contribution in [1.82, 2.24) is 4.90 Å². The smallest absolute Gasteiger partial charge is 0.355 e. The fraction of sp³-hybridized carbons (Fsp3) is 0.600. The Morgan fingerprint density at radius 2 is 1.87 bits per heavy atom. The highest BCUT2D eigenvalue weighted by Crippen LogP contribution is 2.46.